The van der Waals surface area contributed by atoms with Gasteiger partial charge in [0.15, 0.2) is 17.3 Å². The molecule has 0 spiro atoms. The summed E-state index contributed by atoms with van der Waals surface area (Å²) >= 11 is 3.39. The van der Waals surface area contributed by atoms with Gasteiger partial charge in [0, 0.05) is 30.7 Å². The van der Waals surface area contributed by atoms with Gasteiger partial charge in [-0.1, -0.05) is 34.3 Å². The summed E-state index contributed by atoms with van der Waals surface area (Å²) in [5.41, 5.74) is -1.99. The number of halogens is 2. The predicted molar refractivity (Wildman–Crippen MR) is 245 cm³/mol. The molecule has 2 fully saturated rings. The van der Waals surface area contributed by atoms with Crippen molar-refractivity contribution < 1.29 is 123 Å². The van der Waals surface area contributed by atoms with E-state index in [1.165, 1.54) is 20.2 Å². The molecule has 0 aromatic heterocycles. The van der Waals surface area contributed by atoms with Gasteiger partial charge >= 0.3 is 76.5 Å². The Balaban J connectivity index is -0.000000138. The maximum absolute atomic E-state index is 11.6. The Kier molecular flexibility index (Phi) is 46.1. The minimum absolute atomic E-state index is 0. The van der Waals surface area contributed by atoms with Crippen molar-refractivity contribution in [3.63, 3.8) is 0 Å². The molecule has 0 aromatic rings. The second-order valence-corrected chi connectivity index (χ2v) is 18.8. The van der Waals surface area contributed by atoms with Crippen LogP contribution in [0.4, 0.5) is 0 Å². The number of epoxide rings is 2. The Hall–Kier alpha value is -1.78. The van der Waals surface area contributed by atoms with Crippen molar-refractivity contribution in [1.82, 2.24) is 5.06 Å². The van der Waals surface area contributed by atoms with Gasteiger partial charge in [0.1, 0.15) is 34.6 Å². The topological polar surface area (TPSA) is 234 Å². The quantitative estimate of drug-likeness (QED) is 0.0372. The van der Waals surface area contributed by atoms with Crippen LogP contribution in [0.2, 0.25) is 0 Å². The number of ether oxygens (including phenoxy) is 6. The normalized spacial score (nSPS) is 15.9. The maximum Gasteiger partial charge on any atom is 2.00 e. The molecule has 2 aliphatic heterocycles. The van der Waals surface area contributed by atoms with Gasteiger partial charge in [0.2, 0.25) is 5.91 Å². The number of hydroxylamine groups is 2. The summed E-state index contributed by atoms with van der Waals surface area (Å²) in [6.07, 6.45) is 1.12. The van der Waals surface area contributed by atoms with Crippen molar-refractivity contribution in [3.8, 4) is 0 Å². The average molecular weight is 1060 g/mol. The number of amides is 1. The molecular weight excluding hydrogens is 985 g/mol. The molecule has 0 aromatic carbocycles. The van der Waals surface area contributed by atoms with Gasteiger partial charge in [-0.15, -0.1) is 0 Å². The van der Waals surface area contributed by atoms with Gasteiger partial charge < -0.3 is 56.6 Å². The van der Waals surface area contributed by atoms with Crippen LogP contribution in [0.15, 0.2) is 19.2 Å². The Morgan fingerprint density at radius 1 is 0.612 bits per heavy atom. The summed E-state index contributed by atoms with van der Waals surface area (Å²) < 4.78 is 37.9. The minimum Gasteiger partial charge on any atom is -1.00 e. The Labute approximate surface area is 454 Å². The molecule has 0 saturated carbocycles. The number of esters is 4. The molecule has 17 nitrogen and oxygen atoms in total. The first-order valence-electron chi connectivity index (χ1n) is 20.7. The molecule has 0 aliphatic carbocycles. The molecule has 67 heavy (non-hydrogen) atoms. The fraction of sp³-hybridized carbons (Fsp3) is 0.739. The first-order chi connectivity index (χ1) is 29.0. The van der Waals surface area contributed by atoms with Crippen LogP contribution in [0, 0.1) is 30.3 Å². The van der Waals surface area contributed by atoms with Crippen molar-refractivity contribution in [2.75, 3.05) is 27.4 Å². The van der Waals surface area contributed by atoms with Gasteiger partial charge in [0.25, 0.3) is 0 Å². The van der Waals surface area contributed by atoms with Gasteiger partial charge in [-0.3, -0.25) is 49.8 Å². The van der Waals surface area contributed by atoms with Gasteiger partial charge in [0.05, 0.1) is 46.0 Å². The summed E-state index contributed by atoms with van der Waals surface area (Å²) in [5.74, 6) is -3.17. The molecule has 2 rings (SSSR count). The third-order valence-corrected chi connectivity index (χ3v) is 7.54. The number of rotatable bonds is 16. The fourth-order valence-electron chi connectivity index (χ4n) is 4.58. The van der Waals surface area contributed by atoms with Crippen LogP contribution in [-0.2, 0) is 71.6 Å². The first kappa shape index (κ1) is 79.4. The van der Waals surface area contributed by atoms with Crippen LogP contribution in [0.3, 0.4) is 0 Å². The number of nitrogens with zero attached hydrogens (tertiary/aromatic N) is 1. The predicted octanol–water partition coefficient (Wildman–Crippen LogP) is -0.139. The van der Waals surface area contributed by atoms with Crippen LogP contribution in [0.25, 0.3) is 0 Å². The second-order valence-electron chi connectivity index (χ2n) is 18.8. The van der Waals surface area contributed by atoms with E-state index in [0.29, 0.717) is 13.2 Å². The first-order valence-corrected chi connectivity index (χ1v) is 21.0. The number of Topliss-reactive ketones (excluding diaryl/α,β-unsaturated/α-hetero) is 2. The van der Waals surface area contributed by atoms with E-state index in [9.17, 15) is 38.4 Å². The van der Waals surface area contributed by atoms with E-state index in [1.807, 2.05) is 0 Å². The van der Waals surface area contributed by atoms with E-state index in [1.54, 1.807) is 111 Å². The Morgan fingerprint density at radius 3 is 1.03 bits per heavy atom. The third kappa shape index (κ3) is 47.7. The van der Waals surface area contributed by atoms with E-state index in [0.717, 1.165) is 5.06 Å². The number of ketones is 3. The molecule has 2 aliphatic rings. The summed E-state index contributed by atoms with van der Waals surface area (Å²) in [6.45, 7) is 39.8. The minimum atomic E-state index is -0.521. The Bertz CT molecular complexity index is 1440. The zero-order chi connectivity index (χ0) is 51.6. The van der Waals surface area contributed by atoms with Gasteiger partial charge in [-0.2, -0.15) is 0 Å². The largest absolute Gasteiger partial charge is 2.00 e. The fourth-order valence-corrected chi connectivity index (χ4v) is 4.58. The van der Waals surface area contributed by atoms with E-state index in [-0.39, 0.29) is 172 Å². The van der Waals surface area contributed by atoms with E-state index in [4.69, 9.17) is 37.9 Å². The number of allylic oxidation sites excluding steroid dienone is 1. The van der Waals surface area contributed by atoms with E-state index >= 15 is 0 Å². The third-order valence-electron chi connectivity index (χ3n) is 7.54. The molecule has 6 atom stereocenters. The molecule has 2 saturated heterocycles. The van der Waals surface area contributed by atoms with Crippen LogP contribution in [-0.4, -0.2) is 137 Å². The number of hydrogen-bond acceptors (Lipinski definition) is 16. The molecule has 2 unspecified atom stereocenters. The van der Waals surface area contributed by atoms with Crippen LogP contribution in [0.1, 0.15) is 136 Å². The zero-order valence-corrected chi connectivity index (χ0v) is 49.5. The Morgan fingerprint density at radius 2 is 0.836 bits per heavy atom. The van der Waals surface area contributed by atoms with Crippen molar-refractivity contribution in [1.29, 1.82) is 0 Å². The van der Waals surface area contributed by atoms with Crippen molar-refractivity contribution in [3.05, 3.63) is 25.8 Å². The molecule has 0 N–H and O–H groups in total. The molecule has 21 heteroatoms. The monoisotopic (exact) mass is 1060 g/mol. The van der Waals surface area contributed by atoms with Crippen LogP contribution < -0.4 is 51.2 Å². The molecule has 380 valence electrons. The summed E-state index contributed by atoms with van der Waals surface area (Å²) in [5, 5.41) is 1.11. The zero-order valence-electron chi connectivity index (χ0n) is 43.7. The van der Waals surface area contributed by atoms with Gasteiger partial charge in [-0.25, -0.2) is 16.9 Å². The summed E-state index contributed by atoms with van der Waals surface area (Å²) in [7, 11) is 2.91. The van der Waals surface area contributed by atoms with Crippen LogP contribution in [0.5, 0.6) is 0 Å². The smallest absolute Gasteiger partial charge is 1.00 e. The average Bonchev–Trinajstić information content (AvgIpc) is 4.07. The molecule has 0 bridgehead atoms. The van der Waals surface area contributed by atoms with Crippen molar-refractivity contribution in [2.45, 2.75) is 171 Å². The SMILES string of the molecule is C=CC(=O)[C@H](C)CC(=O)OC(C)(C)C.CON(C)C(=O)[C@H](C)CC(=O)OC(C)(C)C.C[C@H](CC(=O)OC(C)(C)C)C(=O)C1CO1.C[C@H](CC(=O)OC(C)(C)C)C(=O)C1CO1.[Br-].[CH-]=C.[Mg+2].[Na+].[O-]Cl. The van der Waals surface area contributed by atoms with Crippen molar-refractivity contribution in [2.24, 2.45) is 23.7 Å². The number of carbonyl (C=O) groups is 8. The van der Waals surface area contributed by atoms with E-state index < -0.39 is 28.3 Å². The maximum atomic E-state index is 11.6. The van der Waals surface area contributed by atoms with Gasteiger partial charge in [-0.05, 0) is 89.2 Å². The van der Waals surface area contributed by atoms with E-state index in [2.05, 4.69) is 31.6 Å². The second kappa shape index (κ2) is 38.9. The standard InChI is InChI=1S/C11H21NO4.2C11H18O4.C11H18O3.C2H3.BrH.ClO.Mg.Na/c1-8(10(14)12(5)15-6)7-9(13)16-11(2,3)4;2*1-7(10(13)8-6-14-8)5-9(12)15-11(2,3)4;1-6-9(12)8(2)7-10(13)14-11(3,4)5;1-2;;1-2;;/h8H,7H2,1-6H3;2*7-8H,5-6H2,1-4H3;6,8H,1,7H2,2-5H3;1H,2H2;1H;;;/q;;;;-1;;-1;+2;+1/p-1/t8-;2*7-,8?;8-;;;;;/m1111...../s1. The van der Waals surface area contributed by atoms with Crippen LogP contribution >= 0.6 is 11.9 Å². The number of carbonyl (C=O) groups excluding carboxylic acids is 8. The summed E-state index contributed by atoms with van der Waals surface area (Å²) in [6, 6.07) is 0. The molecule has 2 heterocycles. The molecule has 1 amide bonds. The molecule has 0 radical (unpaired) electrons. The molecular formula is C46H78BrClMgNNaO16. The van der Waals surface area contributed by atoms with Crippen molar-refractivity contribution >= 4 is 82.1 Å². The summed E-state index contributed by atoms with van der Waals surface area (Å²) in [4.78, 5) is 95.9. The number of hydrogen-bond donors (Lipinski definition) is 0.